The molecule has 0 saturated heterocycles. The molecule has 0 atom stereocenters. The van der Waals surface area contributed by atoms with Gasteiger partial charge in [0.15, 0.2) is 0 Å². The lowest BCUT2D eigenvalue weighted by Gasteiger charge is -2.23. The van der Waals surface area contributed by atoms with Crippen molar-refractivity contribution in [2.75, 3.05) is 19.7 Å². The largest absolute Gasteiger partial charge is 0.492 e. The number of halogens is 1. The highest BCUT2D eigenvalue weighted by molar-refractivity contribution is 5.66. The number of carboxylic acids is 1. The van der Waals surface area contributed by atoms with Gasteiger partial charge >= 0.3 is 5.97 Å². The number of aliphatic carboxylic acids is 1. The van der Waals surface area contributed by atoms with E-state index in [9.17, 15) is 9.18 Å². The van der Waals surface area contributed by atoms with Crippen LogP contribution in [0.15, 0.2) is 24.3 Å². The van der Waals surface area contributed by atoms with Crippen LogP contribution in [0.5, 0.6) is 5.75 Å². The van der Waals surface area contributed by atoms with E-state index in [1.54, 1.807) is 12.1 Å². The first-order valence-electron chi connectivity index (χ1n) is 7.20. The summed E-state index contributed by atoms with van der Waals surface area (Å²) in [6.07, 6.45) is 1.80. The van der Waals surface area contributed by atoms with Crippen LogP contribution in [0.4, 0.5) is 4.39 Å². The van der Waals surface area contributed by atoms with Gasteiger partial charge in [-0.15, -0.1) is 0 Å². The van der Waals surface area contributed by atoms with Crippen LogP contribution >= 0.6 is 0 Å². The summed E-state index contributed by atoms with van der Waals surface area (Å²) in [5, 5.41) is 12.0. The first-order chi connectivity index (χ1) is 9.89. The van der Waals surface area contributed by atoms with Crippen LogP contribution in [0.1, 0.15) is 33.1 Å². The third-order valence-corrected chi connectivity index (χ3v) is 3.36. The lowest BCUT2D eigenvalue weighted by atomic mass is 9.84. The normalized spacial score (nSPS) is 11.4. The van der Waals surface area contributed by atoms with Gasteiger partial charge in [0.05, 0.1) is 0 Å². The maximum Gasteiger partial charge on any atom is 0.303 e. The molecule has 5 heteroatoms. The van der Waals surface area contributed by atoms with E-state index < -0.39 is 5.97 Å². The monoisotopic (exact) mass is 297 g/mol. The summed E-state index contributed by atoms with van der Waals surface area (Å²) in [6, 6.07) is 5.94. The summed E-state index contributed by atoms with van der Waals surface area (Å²) in [5.74, 6) is -0.368. The number of hydrogen-bond acceptors (Lipinski definition) is 3. The van der Waals surface area contributed by atoms with E-state index in [4.69, 9.17) is 9.84 Å². The second kappa shape index (κ2) is 8.62. The molecule has 0 bridgehead atoms. The van der Waals surface area contributed by atoms with E-state index >= 15 is 0 Å². The molecular weight excluding hydrogens is 273 g/mol. The number of benzene rings is 1. The third-order valence-electron chi connectivity index (χ3n) is 3.36. The predicted octanol–water partition coefficient (Wildman–Crippen LogP) is 3.08. The van der Waals surface area contributed by atoms with Crippen molar-refractivity contribution >= 4 is 5.97 Å². The van der Waals surface area contributed by atoms with E-state index in [1.165, 1.54) is 12.1 Å². The lowest BCUT2D eigenvalue weighted by Crippen LogP contribution is -2.26. The summed E-state index contributed by atoms with van der Waals surface area (Å²) in [5.41, 5.74) is 0.0171. The van der Waals surface area contributed by atoms with Gasteiger partial charge in [-0.1, -0.05) is 13.8 Å². The van der Waals surface area contributed by atoms with Crippen LogP contribution in [-0.2, 0) is 4.79 Å². The molecule has 0 aromatic heterocycles. The molecule has 0 radical (unpaired) electrons. The standard InChI is InChI=1S/C16H24FNO3/c1-16(2,8-7-15(19)20)9-10-18-11-12-21-14-5-3-13(17)4-6-14/h3-6,18H,7-12H2,1-2H3,(H,19,20). The third kappa shape index (κ3) is 8.30. The van der Waals surface area contributed by atoms with Gasteiger partial charge in [-0.2, -0.15) is 0 Å². The molecule has 0 saturated carbocycles. The number of hydrogen-bond donors (Lipinski definition) is 2. The van der Waals surface area contributed by atoms with Crippen molar-refractivity contribution in [3.8, 4) is 5.75 Å². The van der Waals surface area contributed by atoms with Gasteiger partial charge in [0.1, 0.15) is 18.2 Å². The Labute approximate surface area is 125 Å². The van der Waals surface area contributed by atoms with E-state index in [1.807, 2.05) is 0 Å². The Balaban J connectivity index is 2.08. The van der Waals surface area contributed by atoms with Crippen LogP contribution in [0, 0.1) is 11.2 Å². The Morgan fingerprint density at radius 2 is 1.90 bits per heavy atom. The van der Waals surface area contributed by atoms with Gasteiger partial charge < -0.3 is 15.2 Å². The van der Waals surface area contributed by atoms with E-state index in [2.05, 4.69) is 19.2 Å². The van der Waals surface area contributed by atoms with Gasteiger partial charge in [0.2, 0.25) is 0 Å². The molecule has 0 unspecified atom stereocenters. The fourth-order valence-corrected chi connectivity index (χ4v) is 1.89. The smallest absolute Gasteiger partial charge is 0.303 e. The number of carbonyl (C=O) groups is 1. The molecule has 1 rings (SSSR count). The molecule has 0 heterocycles. The Bertz CT molecular complexity index is 432. The van der Waals surface area contributed by atoms with Crippen molar-refractivity contribution in [2.24, 2.45) is 5.41 Å². The van der Waals surface area contributed by atoms with Gasteiger partial charge in [0, 0.05) is 13.0 Å². The van der Waals surface area contributed by atoms with Crippen molar-refractivity contribution in [1.82, 2.24) is 5.32 Å². The number of ether oxygens (including phenoxy) is 1. The van der Waals surface area contributed by atoms with Crippen LogP contribution in [0.2, 0.25) is 0 Å². The van der Waals surface area contributed by atoms with Gasteiger partial charge in [-0.25, -0.2) is 4.39 Å². The van der Waals surface area contributed by atoms with Gasteiger partial charge in [-0.05, 0) is 49.1 Å². The zero-order chi connectivity index (χ0) is 15.7. The quantitative estimate of drug-likeness (QED) is 0.652. The Kier molecular flexibility index (Phi) is 7.15. The zero-order valence-corrected chi connectivity index (χ0v) is 12.7. The second-order valence-electron chi connectivity index (χ2n) is 5.86. The summed E-state index contributed by atoms with van der Waals surface area (Å²) < 4.78 is 18.2. The maximum atomic E-state index is 12.7. The fraction of sp³-hybridized carbons (Fsp3) is 0.562. The molecule has 118 valence electrons. The summed E-state index contributed by atoms with van der Waals surface area (Å²) in [6.45, 7) is 6.19. The SMILES string of the molecule is CC(C)(CCNCCOc1ccc(F)cc1)CCC(=O)O. The van der Waals surface area contributed by atoms with Crippen molar-refractivity contribution in [3.63, 3.8) is 0 Å². The summed E-state index contributed by atoms with van der Waals surface area (Å²) in [7, 11) is 0. The predicted molar refractivity (Wildman–Crippen MR) is 80.0 cm³/mol. The average Bonchev–Trinajstić information content (AvgIpc) is 2.42. The molecule has 4 nitrogen and oxygen atoms in total. The molecule has 0 aliphatic carbocycles. The molecule has 0 aliphatic heterocycles. The molecule has 2 N–H and O–H groups in total. The van der Waals surface area contributed by atoms with E-state index in [-0.39, 0.29) is 17.7 Å². The molecular formula is C16H24FNO3. The Morgan fingerprint density at radius 1 is 1.24 bits per heavy atom. The molecule has 0 amide bonds. The highest BCUT2D eigenvalue weighted by Gasteiger charge is 2.18. The minimum Gasteiger partial charge on any atom is -0.492 e. The lowest BCUT2D eigenvalue weighted by molar-refractivity contribution is -0.137. The van der Waals surface area contributed by atoms with Crippen LogP contribution in [0.3, 0.4) is 0 Å². The Morgan fingerprint density at radius 3 is 2.52 bits per heavy atom. The van der Waals surface area contributed by atoms with Crippen LogP contribution in [0.25, 0.3) is 0 Å². The highest BCUT2D eigenvalue weighted by Crippen LogP contribution is 2.25. The summed E-state index contributed by atoms with van der Waals surface area (Å²) >= 11 is 0. The van der Waals surface area contributed by atoms with Crippen molar-refractivity contribution in [2.45, 2.75) is 33.1 Å². The molecule has 0 fully saturated rings. The van der Waals surface area contributed by atoms with Crippen LogP contribution in [-0.4, -0.2) is 30.8 Å². The van der Waals surface area contributed by atoms with Crippen molar-refractivity contribution in [3.05, 3.63) is 30.1 Å². The topological polar surface area (TPSA) is 58.6 Å². The first-order valence-corrected chi connectivity index (χ1v) is 7.20. The number of carboxylic acid groups (broad SMARTS) is 1. The number of nitrogens with one attached hydrogen (secondary N) is 1. The molecule has 0 aliphatic rings. The number of rotatable bonds is 10. The van der Waals surface area contributed by atoms with E-state index in [0.29, 0.717) is 25.3 Å². The van der Waals surface area contributed by atoms with Gasteiger partial charge in [-0.3, -0.25) is 4.79 Å². The van der Waals surface area contributed by atoms with Crippen molar-refractivity contribution in [1.29, 1.82) is 0 Å². The molecule has 1 aromatic rings. The maximum absolute atomic E-state index is 12.7. The minimum absolute atomic E-state index is 0.0171. The molecule has 0 spiro atoms. The summed E-state index contributed by atoms with van der Waals surface area (Å²) in [4.78, 5) is 10.6. The minimum atomic E-state index is -0.747. The zero-order valence-electron chi connectivity index (χ0n) is 12.7. The molecule has 21 heavy (non-hydrogen) atoms. The van der Waals surface area contributed by atoms with Gasteiger partial charge in [0.25, 0.3) is 0 Å². The Hall–Kier alpha value is -1.62. The van der Waals surface area contributed by atoms with E-state index in [0.717, 1.165) is 13.0 Å². The van der Waals surface area contributed by atoms with Crippen molar-refractivity contribution < 1.29 is 19.0 Å². The fourth-order valence-electron chi connectivity index (χ4n) is 1.89. The first kappa shape index (κ1) is 17.4. The van der Waals surface area contributed by atoms with Crippen LogP contribution < -0.4 is 10.1 Å². The second-order valence-corrected chi connectivity index (χ2v) is 5.86. The highest BCUT2D eigenvalue weighted by atomic mass is 19.1. The molecule has 1 aromatic carbocycles. The average molecular weight is 297 g/mol.